The number of rotatable bonds is 63. The van der Waals surface area contributed by atoms with Gasteiger partial charge in [-0.15, -0.1) is 0 Å². The summed E-state index contributed by atoms with van der Waals surface area (Å²) in [6.45, 7) is -0.997. The van der Waals surface area contributed by atoms with E-state index < -0.39 is 210 Å². The summed E-state index contributed by atoms with van der Waals surface area (Å²) in [7, 11) is 0. The average Bonchev–Trinajstić information content (AvgIpc) is 1.51. The molecule has 142 heavy (non-hydrogen) atoms. The van der Waals surface area contributed by atoms with Crippen molar-refractivity contribution in [3.05, 3.63) is 112 Å². The number of hydrogen-bond donors (Lipinski definition) is 37. The van der Waals surface area contributed by atoms with Crippen LogP contribution in [0.15, 0.2) is 78.9 Å². The molecular weight excluding hydrogens is 1850 g/mol. The second kappa shape index (κ2) is 58.4. The molecule has 4 aromatic carbocycles. The van der Waals surface area contributed by atoms with Crippen molar-refractivity contribution in [3.63, 3.8) is 0 Å². The molecule has 776 valence electrons. The second-order valence-corrected chi connectivity index (χ2v) is 33.5. The van der Waals surface area contributed by atoms with Crippen LogP contribution in [0.2, 0.25) is 0 Å². The molecule has 14 amide bonds. The molecule has 4 aromatic rings. The molecule has 1 spiro atoms. The number of nitrogens with one attached hydrogen (secondary N) is 24. The van der Waals surface area contributed by atoms with Crippen molar-refractivity contribution in [1.29, 1.82) is 32.5 Å². The molecule has 0 aromatic heterocycles. The minimum Gasteiger partial charge on any atom is -0.508 e. The Bertz CT molecular complexity index is 5090. The van der Waals surface area contributed by atoms with Gasteiger partial charge in [0.2, 0.25) is 76.8 Å². The highest BCUT2D eigenvalue weighted by molar-refractivity contribution is 6.03. The van der Waals surface area contributed by atoms with E-state index in [0.717, 1.165) is 0 Å². The number of aromatic hydroxyl groups is 3. The number of nitrogens with two attached hydrogens (primary N) is 10. The third kappa shape index (κ3) is 38.6. The smallest absolute Gasteiger partial charge is 0.340 e. The third-order valence-electron chi connectivity index (χ3n) is 22.4. The van der Waals surface area contributed by atoms with Gasteiger partial charge in [0.15, 0.2) is 41.4 Å². The number of guanidine groups is 6. The van der Waals surface area contributed by atoms with E-state index in [1.807, 2.05) is 0 Å². The summed E-state index contributed by atoms with van der Waals surface area (Å²) in [4.78, 5) is 213. The van der Waals surface area contributed by atoms with Gasteiger partial charge in [0.1, 0.15) is 89.2 Å². The fourth-order valence-corrected chi connectivity index (χ4v) is 15.2. The van der Waals surface area contributed by atoms with Crippen LogP contribution in [0.25, 0.3) is 0 Å². The van der Waals surface area contributed by atoms with Gasteiger partial charge in [-0.05, 0) is 195 Å². The van der Waals surface area contributed by atoms with E-state index in [0.29, 0.717) is 23.1 Å². The van der Waals surface area contributed by atoms with Crippen LogP contribution < -0.4 is 158 Å². The molecule has 0 radical (unpaired) electrons. The number of phenols is 3. The van der Waals surface area contributed by atoms with E-state index in [9.17, 15) is 77.6 Å². The SMILES string of the molecule is N=C(N)NCCC[C@H](NC(=O)[C@H](CCCNC(=N)N)NC(=O)[C@H](CCCNC(=N)N)NC(=O)[C@H](CCC(N)=O)NC(=O)[C@H](CCCNC(=N)N)NC(=O)[C@H](CCCNC(=N)N)NC(=O)[C@H](CCCCN)NC(=O)[C@H](CCCCN)NC(=O)[C@H](CCCNC(=N)N)NC(=O)CNC(=O)[C@H](Cc1ccc(O)cc1)NC(=O)CCNC(=O)c1ccc2c(c1)C1(OC2=O)c2ccc(O)cc2Oc2cc(O)ccc21)C(N)=O. The number of fused-ring (bicyclic) bond motifs is 6. The molecule has 54 nitrogen and oxygen atoms in total. The third-order valence-corrected chi connectivity index (χ3v) is 22.4. The summed E-state index contributed by atoms with van der Waals surface area (Å²) < 4.78 is 12.2. The molecule has 2 aliphatic heterocycles. The summed E-state index contributed by atoms with van der Waals surface area (Å²) >= 11 is 0. The number of primary amides is 2. The minimum absolute atomic E-state index is 0.00344. The first-order chi connectivity index (χ1) is 67.5. The number of carbonyl (C=O) groups excluding carboxylic acids is 15. The fraction of sp³-hybridized carbons (Fsp3) is 0.489. The normalized spacial score (nSPS) is 13.8. The van der Waals surface area contributed by atoms with Crippen molar-refractivity contribution in [2.24, 2.45) is 57.3 Å². The number of phenolic OH excluding ortho intramolecular Hbond substituents is 3. The Morgan fingerprint density at radius 2 is 0.655 bits per heavy atom. The van der Waals surface area contributed by atoms with E-state index in [2.05, 4.69) is 95.7 Å². The van der Waals surface area contributed by atoms with Crippen molar-refractivity contribution in [3.8, 4) is 28.7 Å². The maximum atomic E-state index is 15.0. The Hall–Kier alpha value is -16.3. The molecule has 6 rings (SSSR count). The van der Waals surface area contributed by atoms with Gasteiger partial charge in [-0.25, -0.2) is 4.79 Å². The first-order valence-electron chi connectivity index (χ1n) is 46.1. The molecule has 0 unspecified atom stereocenters. The predicted octanol–water partition coefficient (Wildman–Crippen LogP) is -7.71. The minimum atomic E-state index is -1.77. The molecule has 2 aliphatic rings. The number of carbonyl (C=O) groups is 15. The highest BCUT2D eigenvalue weighted by Crippen LogP contribution is 2.57. The number of benzene rings is 4. The lowest BCUT2D eigenvalue weighted by Crippen LogP contribution is -2.60. The van der Waals surface area contributed by atoms with Gasteiger partial charge >= 0.3 is 5.97 Å². The monoisotopic (exact) mass is 1990 g/mol. The zero-order valence-corrected chi connectivity index (χ0v) is 78.5. The lowest BCUT2D eigenvalue weighted by molar-refractivity contribution is -0.136. The zero-order chi connectivity index (χ0) is 105. The van der Waals surface area contributed by atoms with Gasteiger partial charge in [0.05, 0.1) is 12.1 Å². The van der Waals surface area contributed by atoms with Crippen molar-refractivity contribution in [2.75, 3.05) is 65.4 Å². The molecule has 10 atom stereocenters. The molecule has 0 aliphatic carbocycles. The fourth-order valence-electron chi connectivity index (χ4n) is 15.2. The molecule has 2 heterocycles. The van der Waals surface area contributed by atoms with E-state index in [-0.39, 0.29) is 226 Å². The Balaban J connectivity index is 1.21. The lowest BCUT2D eigenvalue weighted by atomic mass is 9.77. The molecule has 0 saturated heterocycles. The maximum Gasteiger partial charge on any atom is 0.340 e. The molecular formula is C88H134N34O20. The Labute approximate surface area is 816 Å². The van der Waals surface area contributed by atoms with Crippen LogP contribution in [0.3, 0.4) is 0 Å². The summed E-state index contributed by atoms with van der Waals surface area (Å²) in [6, 6.07) is 2.64. The van der Waals surface area contributed by atoms with Gasteiger partial charge in [-0.2, -0.15) is 0 Å². The molecule has 54 heteroatoms. The van der Waals surface area contributed by atoms with Crippen LogP contribution >= 0.6 is 0 Å². The van der Waals surface area contributed by atoms with E-state index in [1.165, 1.54) is 78.9 Å². The molecule has 0 bridgehead atoms. The first kappa shape index (κ1) is 114. The summed E-state index contributed by atoms with van der Waals surface area (Å²) in [5, 5.41) is 123. The summed E-state index contributed by atoms with van der Waals surface area (Å²) in [6.07, 6.45) is -2.17. The molecule has 47 N–H and O–H groups in total. The van der Waals surface area contributed by atoms with Crippen molar-refractivity contribution in [2.45, 2.75) is 207 Å². The maximum absolute atomic E-state index is 15.0. The predicted molar refractivity (Wildman–Crippen MR) is 517 cm³/mol. The van der Waals surface area contributed by atoms with Crippen LogP contribution in [-0.4, -0.2) is 266 Å². The number of esters is 1. The lowest BCUT2D eigenvalue weighted by Gasteiger charge is -2.36. The quantitative estimate of drug-likeness (QED) is 0.00845. The second-order valence-electron chi connectivity index (χ2n) is 33.5. The van der Waals surface area contributed by atoms with Crippen molar-refractivity contribution in [1.82, 2.24) is 95.7 Å². The zero-order valence-electron chi connectivity index (χ0n) is 78.5. The van der Waals surface area contributed by atoms with Crippen molar-refractivity contribution < 1.29 is 96.7 Å². The van der Waals surface area contributed by atoms with E-state index in [4.69, 9.17) is 99.3 Å². The highest BCUT2D eigenvalue weighted by atomic mass is 16.6. The van der Waals surface area contributed by atoms with Gasteiger partial charge < -0.3 is 178 Å². The average molecular weight is 1990 g/mol. The Morgan fingerprint density at radius 1 is 0.324 bits per heavy atom. The number of ether oxygens (including phenoxy) is 2. The van der Waals surface area contributed by atoms with Crippen molar-refractivity contribution >= 4 is 124 Å². The van der Waals surface area contributed by atoms with Crippen LogP contribution in [0.1, 0.15) is 178 Å². The van der Waals surface area contributed by atoms with Crippen LogP contribution in [0, 0.1) is 32.5 Å². The van der Waals surface area contributed by atoms with Gasteiger partial charge in [-0.1, -0.05) is 12.1 Å². The first-order valence-corrected chi connectivity index (χ1v) is 46.1. The van der Waals surface area contributed by atoms with Gasteiger partial charge in [-0.3, -0.25) is 99.6 Å². The Morgan fingerprint density at radius 3 is 1.01 bits per heavy atom. The number of hydrogen-bond acceptors (Lipinski definition) is 28. The topological polar surface area (TPSA) is 955 Å². The highest BCUT2D eigenvalue weighted by Gasteiger charge is 2.54. The van der Waals surface area contributed by atoms with Gasteiger partial charge in [0, 0.05) is 99.5 Å². The van der Waals surface area contributed by atoms with E-state index in [1.54, 1.807) is 0 Å². The summed E-state index contributed by atoms with van der Waals surface area (Å²) in [5.41, 5.74) is 55.9. The standard InChI is InChI=1S/C88H134N34O20/c89-32-3-1-11-57(116-73(132)56(14-6-35-107-83(95)96)113-69(128)45-112-72(131)64(41-46-19-22-48(123)23-20-46)114-68(127)31-40-105-71(130)47-21-26-51-54(42-47)88(142-81(51)140)52-27-24-49(124)43-65(52)141-66-44-50(125)25-28-53(66)88)75(134)117-58(12-2-4-33-90)76(135)119-60(16-8-37-109-85(99)100)77(136)120-62(18-10-39-111-87(103)104)79(138)122-63(29-30-67(91)126)80(139)121-61(17-9-38-110-86(101)102)78(137)118-59(15-7-36-108-84(97)98)74(133)115-55(70(92)129)13-5-34-106-82(93)94/h19-28,42-44,55-64,123-125H,1-18,29-41,45,89-90H2,(H2,91,126)(H2,92,129)(H,105,130)(H,112,131)(H,113,128)(H,114,127)(H,115,133)(H,116,132)(H,117,134)(H,118,137)(H,119,135)(H,120,136)(H,121,139)(H,122,138)(H4,93,94,106)(H4,95,96,107)(H4,97,98,108)(H4,99,100,109)(H4,101,102,110)(H4,103,104,111)/t55-,56-,57-,58-,59-,60-,61-,62-,63-,64-/m0/s1. The Kier molecular flexibility index (Phi) is 47.1. The van der Waals surface area contributed by atoms with Crippen LogP contribution in [-0.2, 0) is 79.1 Å². The van der Waals surface area contributed by atoms with Gasteiger partial charge in [0.25, 0.3) is 5.91 Å². The number of unbranched alkanes of at least 4 members (excludes halogenated alkanes) is 2. The molecule has 0 saturated carbocycles. The summed E-state index contributed by atoms with van der Waals surface area (Å²) in [5.74, 6) is -17.0. The van der Waals surface area contributed by atoms with E-state index >= 15 is 9.59 Å². The molecule has 0 fully saturated rings. The number of amides is 14. The van der Waals surface area contributed by atoms with Crippen LogP contribution in [0.4, 0.5) is 0 Å². The largest absolute Gasteiger partial charge is 0.508 e. The van der Waals surface area contributed by atoms with Crippen LogP contribution in [0.5, 0.6) is 28.7 Å².